The average Bonchev–Trinajstić information content (AvgIpc) is 2.76. The van der Waals surface area contributed by atoms with Gasteiger partial charge in [0.2, 0.25) is 0 Å². The third kappa shape index (κ3) is 3.82. The summed E-state index contributed by atoms with van der Waals surface area (Å²) in [5.74, 6) is -0.329. The topological polar surface area (TPSA) is 41.1 Å². The van der Waals surface area contributed by atoms with Crippen LogP contribution in [0, 0.1) is 5.82 Å². The fourth-order valence-corrected chi connectivity index (χ4v) is 2.71. The van der Waals surface area contributed by atoms with E-state index >= 15 is 0 Å². The lowest BCUT2D eigenvalue weighted by atomic mass is 10.3. The first-order chi connectivity index (χ1) is 8.63. The number of amides is 2. The number of benzene rings is 1. The number of hydrogen-bond donors (Lipinski definition) is 2. The summed E-state index contributed by atoms with van der Waals surface area (Å²) in [6.45, 7) is 0.462. The molecule has 1 heterocycles. The normalized spacial score (nSPS) is 10.1. The minimum absolute atomic E-state index is 0.314. The van der Waals surface area contributed by atoms with Crippen LogP contribution in [0.4, 0.5) is 14.9 Å². The van der Waals surface area contributed by atoms with Crippen molar-refractivity contribution < 1.29 is 9.18 Å². The summed E-state index contributed by atoms with van der Waals surface area (Å²) in [4.78, 5) is 12.6. The molecule has 94 valence electrons. The van der Waals surface area contributed by atoms with Gasteiger partial charge in [0.15, 0.2) is 0 Å². The van der Waals surface area contributed by atoms with Crippen LogP contribution in [0.25, 0.3) is 0 Å². The molecule has 1 aromatic heterocycles. The van der Waals surface area contributed by atoms with Crippen molar-refractivity contribution in [3.8, 4) is 0 Å². The molecule has 0 saturated heterocycles. The molecule has 2 aromatic rings. The average molecular weight is 329 g/mol. The van der Waals surface area contributed by atoms with Gasteiger partial charge in [-0.1, -0.05) is 0 Å². The van der Waals surface area contributed by atoms with E-state index in [1.807, 2.05) is 11.4 Å². The van der Waals surface area contributed by atoms with Crippen LogP contribution in [0.15, 0.2) is 40.2 Å². The highest BCUT2D eigenvalue weighted by Crippen LogP contribution is 2.19. The fourth-order valence-electron chi connectivity index (χ4n) is 1.32. The quantitative estimate of drug-likeness (QED) is 0.879. The molecule has 3 nitrogen and oxygen atoms in total. The second-order valence-corrected chi connectivity index (χ2v) is 5.46. The van der Waals surface area contributed by atoms with Crippen LogP contribution in [-0.2, 0) is 6.54 Å². The molecular formula is C12H10BrFN2OS. The molecule has 2 amide bonds. The Morgan fingerprint density at radius 2 is 2.06 bits per heavy atom. The predicted molar refractivity (Wildman–Crippen MR) is 74.3 cm³/mol. The Kier molecular flexibility index (Phi) is 4.33. The monoisotopic (exact) mass is 328 g/mol. The van der Waals surface area contributed by atoms with Gasteiger partial charge in [0, 0.05) is 20.4 Å². The second kappa shape index (κ2) is 5.97. The molecule has 0 aliphatic carbocycles. The first kappa shape index (κ1) is 13.0. The minimum Gasteiger partial charge on any atom is -0.333 e. The lowest BCUT2D eigenvalue weighted by Gasteiger charge is -2.06. The lowest BCUT2D eigenvalue weighted by Crippen LogP contribution is -2.27. The standard InChI is InChI=1S/C12H10BrFN2OS/c13-8-5-11(18-7-8)6-15-12(17)16-10-3-1-9(14)2-4-10/h1-5,7H,6H2,(H2,15,16,17). The highest BCUT2D eigenvalue weighted by atomic mass is 79.9. The highest BCUT2D eigenvalue weighted by molar-refractivity contribution is 9.10. The first-order valence-electron chi connectivity index (χ1n) is 5.17. The van der Waals surface area contributed by atoms with E-state index < -0.39 is 0 Å². The van der Waals surface area contributed by atoms with E-state index in [9.17, 15) is 9.18 Å². The molecule has 1 aromatic carbocycles. The van der Waals surface area contributed by atoms with Crippen molar-refractivity contribution in [1.29, 1.82) is 0 Å². The van der Waals surface area contributed by atoms with Crippen LogP contribution in [0.3, 0.4) is 0 Å². The number of rotatable bonds is 3. The second-order valence-electron chi connectivity index (χ2n) is 3.55. The van der Waals surface area contributed by atoms with Gasteiger partial charge >= 0.3 is 6.03 Å². The van der Waals surface area contributed by atoms with Crippen LogP contribution < -0.4 is 10.6 Å². The Hall–Kier alpha value is -1.40. The van der Waals surface area contributed by atoms with Crippen molar-refractivity contribution >= 4 is 39.0 Å². The molecule has 0 aliphatic heterocycles. The Labute approximate surface area is 116 Å². The van der Waals surface area contributed by atoms with Gasteiger partial charge in [0.25, 0.3) is 0 Å². The largest absolute Gasteiger partial charge is 0.333 e. The third-order valence-electron chi connectivity index (χ3n) is 2.15. The van der Waals surface area contributed by atoms with Gasteiger partial charge in [-0.05, 0) is 46.3 Å². The number of hydrogen-bond acceptors (Lipinski definition) is 2. The number of urea groups is 1. The number of halogens is 2. The Bertz CT molecular complexity index is 541. The molecule has 0 spiro atoms. The molecule has 0 bridgehead atoms. The van der Waals surface area contributed by atoms with E-state index in [2.05, 4.69) is 26.6 Å². The van der Waals surface area contributed by atoms with Gasteiger partial charge < -0.3 is 10.6 Å². The van der Waals surface area contributed by atoms with Crippen LogP contribution in [0.5, 0.6) is 0 Å². The number of anilines is 1. The van der Waals surface area contributed by atoms with Gasteiger partial charge in [-0.15, -0.1) is 11.3 Å². The van der Waals surface area contributed by atoms with Gasteiger partial charge in [0.1, 0.15) is 5.82 Å². The summed E-state index contributed by atoms with van der Waals surface area (Å²) in [6.07, 6.45) is 0. The van der Waals surface area contributed by atoms with Gasteiger partial charge in [-0.3, -0.25) is 0 Å². The summed E-state index contributed by atoms with van der Waals surface area (Å²) in [7, 11) is 0. The molecule has 0 aliphatic rings. The Morgan fingerprint density at radius 1 is 1.33 bits per heavy atom. The Balaban J connectivity index is 1.83. The lowest BCUT2D eigenvalue weighted by molar-refractivity contribution is 0.252. The van der Waals surface area contributed by atoms with Gasteiger partial charge in [0.05, 0.1) is 6.54 Å². The van der Waals surface area contributed by atoms with Gasteiger partial charge in [-0.2, -0.15) is 0 Å². The summed E-state index contributed by atoms with van der Waals surface area (Å²) < 4.78 is 13.7. The molecule has 0 unspecified atom stereocenters. The summed E-state index contributed by atoms with van der Waals surface area (Å²) in [6, 6.07) is 7.25. The van der Waals surface area contributed by atoms with E-state index in [1.165, 1.54) is 24.3 Å². The maximum atomic E-state index is 12.7. The maximum absolute atomic E-state index is 12.7. The number of nitrogens with one attached hydrogen (secondary N) is 2. The predicted octanol–water partition coefficient (Wildman–Crippen LogP) is 3.97. The molecule has 0 saturated carbocycles. The summed E-state index contributed by atoms with van der Waals surface area (Å²) >= 11 is 4.91. The molecule has 6 heteroatoms. The number of carbonyl (C=O) groups is 1. The summed E-state index contributed by atoms with van der Waals surface area (Å²) in [5.41, 5.74) is 0.557. The van der Waals surface area contributed by atoms with Crippen molar-refractivity contribution in [2.24, 2.45) is 0 Å². The van der Waals surface area contributed by atoms with E-state index in [0.717, 1.165) is 9.35 Å². The highest BCUT2D eigenvalue weighted by Gasteiger charge is 2.03. The first-order valence-corrected chi connectivity index (χ1v) is 6.84. The number of carbonyl (C=O) groups excluding carboxylic acids is 1. The molecule has 0 atom stereocenters. The SMILES string of the molecule is O=C(NCc1cc(Br)cs1)Nc1ccc(F)cc1. The number of thiophene rings is 1. The molecule has 0 radical (unpaired) electrons. The van der Waals surface area contributed by atoms with Crippen molar-refractivity contribution in [3.63, 3.8) is 0 Å². The van der Waals surface area contributed by atoms with Crippen molar-refractivity contribution in [1.82, 2.24) is 5.32 Å². The van der Waals surface area contributed by atoms with Crippen LogP contribution in [0.1, 0.15) is 4.88 Å². The van der Waals surface area contributed by atoms with Crippen molar-refractivity contribution in [2.45, 2.75) is 6.54 Å². The van der Waals surface area contributed by atoms with Gasteiger partial charge in [-0.25, -0.2) is 9.18 Å². The van der Waals surface area contributed by atoms with E-state index in [0.29, 0.717) is 12.2 Å². The smallest absolute Gasteiger partial charge is 0.319 e. The van der Waals surface area contributed by atoms with E-state index in [1.54, 1.807) is 11.3 Å². The fraction of sp³-hybridized carbons (Fsp3) is 0.0833. The van der Waals surface area contributed by atoms with Crippen LogP contribution in [-0.4, -0.2) is 6.03 Å². The van der Waals surface area contributed by atoms with E-state index in [4.69, 9.17) is 0 Å². The third-order valence-corrected chi connectivity index (χ3v) is 3.84. The van der Waals surface area contributed by atoms with Crippen LogP contribution >= 0.6 is 27.3 Å². The molecule has 2 rings (SSSR count). The zero-order chi connectivity index (χ0) is 13.0. The minimum atomic E-state index is -0.329. The Morgan fingerprint density at radius 3 is 2.67 bits per heavy atom. The maximum Gasteiger partial charge on any atom is 0.319 e. The van der Waals surface area contributed by atoms with Crippen molar-refractivity contribution in [3.05, 3.63) is 50.9 Å². The van der Waals surface area contributed by atoms with Crippen LogP contribution in [0.2, 0.25) is 0 Å². The molecular weight excluding hydrogens is 319 g/mol. The molecule has 18 heavy (non-hydrogen) atoms. The molecule has 0 fully saturated rings. The van der Waals surface area contributed by atoms with Crippen molar-refractivity contribution in [2.75, 3.05) is 5.32 Å². The summed E-state index contributed by atoms with van der Waals surface area (Å²) in [5, 5.41) is 7.30. The zero-order valence-electron chi connectivity index (χ0n) is 9.24. The molecule has 2 N–H and O–H groups in total. The zero-order valence-corrected chi connectivity index (χ0v) is 11.6. The van der Waals surface area contributed by atoms with E-state index in [-0.39, 0.29) is 11.8 Å².